The van der Waals surface area contributed by atoms with Gasteiger partial charge in [-0.25, -0.2) is 4.79 Å². The summed E-state index contributed by atoms with van der Waals surface area (Å²) in [5.41, 5.74) is 2.71. The molecule has 0 radical (unpaired) electrons. The molecule has 1 saturated carbocycles. The Bertz CT molecular complexity index is 1930. The van der Waals surface area contributed by atoms with Crippen LogP contribution in [0.25, 0.3) is 0 Å². The monoisotopic (exact) mass is 657 g/mol. The van der Waals surface area contributed by atoms with Gasteiger partial charge in [0.05, 0.1) is 33.0 Å². The molecular formula is C40H39N3O6. The first kappa shape index (κ1) is 33.4. The van der Waals surface area contributed by atoms with E-state index in [2.05, 4.69) is 16.9 Å². The number of carbonyl (C=O) groups is 1. The van der Waals surface area contributed by atoms with Gasteiger partial charge in [-0.1, -0.05) is 79.4 Å². The van der Waals surface area contributed by atoms with Gasteiger partial charge in [0, 0.05) is 23.2 Å². The molecule has 9 nitrogen and oxygen atoms in total. The van der Waals surface area contributed by atoms with Gasteiger partial charge in [0.25, 0.3) is 5.91 Å². The number of rotatable bonds is 11. The lowest BCUT2D eigenvalue weighted by molar-refractivity contribution is -0.0223. The first-order chi connectivity index (χ1) is 23.7. The summed E-state index contributed by atoms with van der Waals surface area (Å²) in [5, 5.41) is 14.2. The number of amides is 1. The molecule has 0 aliphatic heterocycles. The number of aryl methyl sites for hydroxylation is 1. The number of nitrogens with zero attached hydrogens (tertiary/aromatic N) is 2. The average Bonchev–Trinajstić information content (AvgIpc) is 3.42. The van der Waals surface area contributed by atoms with Crippen molar-refractivity contribution in [3.05, 3.63) is 166 Å². The van der Waals surface area contributed by atoms with Crippen LogP contribution in [0, 0.1) is 12.8 Å². The molecule has 0 bridgehead atoms. The maximum absolute atomic E-state index is 13.4. The van der Waals surface area contributed by atoms with E-state index in [1.165, 1.54) is 4.57 Å². The molecule has 5 aromatic rings. The summed E-state index contributed by atoms with van der Waals surface area (Å²) in [7, 11) is 3.25. The van der Waals surface area contributed by atoms with Crippen LogP contribution in [0.4, 0.5) is 5.82 Å². The van der Waals surface area contributed by atoms with E-state index >= 15 is 0 Å². The Morgan fingerprint density at radius 2 is 1.41 bits per heavy atom. The molecule has 4 aromatic carbocycles. The molecule has 3 atom stereocenters. The summed E-state index contributed by atoms with van der Waals surface area (Å²) >= 11 is 0. The van der Waals surface area contributed by atoms with E-state index in [0.29, 0.717) is 28.2 Å². The molecule has 0 unspecified atom stereocenters. The Balaban J connectivity index is 1.31. The Hall–Kier alpha value is -5.51. The Labute approximate surface area is 285 Å². The number of aliphatic hydroxyl groups is 1. The predicted octanol–water partition coefficient (Wildman–Crippen LogP) is 6.31. The Morgan fingerprint density at radius 3 is 1.96 bits per heavy atom. The van der Waals surface area contributed by atoms with E-state index in [1.54, 1.807) is 51.6 Å². The summed E-state index contributed by atoms with van der Waals surface area (Å²) in [6, 6.07) is 33.6. The van der Waals surface area contributed by atoms with Crippen molar-refractivity contribution in [3.8, 4) is 11.5 Å². The second kappa shape index (κ2) is 14.3. The van der Waals surface area contributed by atoms with Crippen LogP contribution in [-0.2, 0) is 10.3 Å². The van der Waals surface area contributed by atoms with Crippen molar-refractivity contribution in [2.24, 2.45) is 5.92 Å². The van der Waals surface area contributed by atoms with E-state index in [-0.39, 0.29) is 24.8 Å². The number of anilines is 1. The second-order valence-electron chi connectivity index (χ2n) is 12.1. The molecule has 0 spiro atoms. The zero-order chi connectivity index (χ0) is 34.5. The molecule has 1 aromatic heterocycles. The molecule has 0 saturated heterocycles. The standard InChI is InChI=1S/C40H39N3O6/c1-26-24-43(39(46)42-37(26)41-38(45)28-11-7-5-8-12-28)35-23-36(44)34(27(35)2)25-49-40(29-13-9-6-10-14-29,30-15-19-32(47-3)20-16-30)31-17-21-33(48-4)22-18-31/h5-22,24,34-36,44H,2,23,25H2,1,3-4H3,(H,41,42,45,46)/t34-,35-,36-/m0/s1. The number of hydrogen-bond acceptors (Lipinski definition) is 7. The molecule has 9 heteroatoms. The molecule has 1 aliphatic carbocycles. The third kappa shape index (κ3) is 6.63. The topological polar surface area (TPSA) is 112 Å². The molecule has 1 amide bonds. The smallest absolute Gasteiger partial charge is 0.350 e. The molecule has 6 rings (SSSR count). The first-order valence-electron chi connectivity index (χ1n) is 16.1. The highest BCUT2D eigenvalue weighted by Crippen LogP contribution is 2.45. The number of carbonyl (C=O) groups excluding carboxylic acids is 1. The second-order valence-corrected chi connectivity index (χ2v) is 12.1. The summed E-state index contributed by atoms with van der Waals surface area (Å²) in [6.07, 6.45) is 1.08. The summed E-state index contributed by atoms with van der Waals surface area (Å²) < 4.78 is 19.4. The zero-order valence-electron chi connectivity index (χ0n) is 27.7. The van der Waals surface area contributed by atoms with Crippen LogP contribution < -0.4 is 20.5 Å². The van der Waals surface area contributed by atoms with Crippen molar-refractivity contribution < 1.29 is 24.1 Å². The van der Waals surface area contributed by atoms with Crippen molar-refractivity contribution in [2.75, 3.05) is 26.1 Å². The van der Waals surface area contributed by atoms with Crippen LogP contribution in [0.2, 0.25) is 0 Å². The lowest BCUT2D eigenvalue weighted by Gasteiger charge is -2.37. The molecular weight excluding hydrogens is 618 g/mol. The molecule has 250 valence electrons. The van der Waals surface area contributed by atoms with Gasteiger partial charge in [-0.05, 0) is 72.0 Å². The van der Waals surface area contributed by atoms with Gasteiger partial charge in [-0.2, -0.15) is 4.98 Å². The number of aliphatic hydroxyl groups excluding tert-OH is 1. The van der Waals surface area contributed by atoms with E-state index in [0.717, 1.165) is 16.7 Å². The number of ether oxygens (including phenoxy) is 3. The van der Waals surface area contributed by atoms with Crippen LogP contribution in [0.1, 0.15) is 45.1 Å². The first-order valence-corrected chi connectivity index (χ1v) is 16.1. The van der Waals surface area contributed by atoms with Crippen LogP contribution in [-0.4, -0.2) is 47.5 Å². The Kier molecular flexibility index (Phi) is 9.75. The van der Waals surface area contributed by atoms with Crippen LogP contribution >= 0.6 is 0 Å². The normalized spacial score (nSPS) is 17.5. The molecule has 1 fully saturated rings. The fraction of sp³-hybridized carbons (Fsp3) is 0.225. The van der Waals surface area contributed by atoms with Gasteiger partial charge >= 0.3 is 5.69 Å². The number of hydrogen-bond donors (Lipinski definition) is 2. The number of aromatic nitrogens is 2. The van der Waals surface area contributed by atoms with Crippen molar-refractivity contribution in [3.63, 3.8) is 0 Å². The SMILES string of the molecule is C=C1[C@H](COC(c2ccccc2)(c2ccc(OC)cc2)c2ccc(OC)cc2)[C@@H](O)C[C@@H]1n1cc(C)c(NC(=O)c2ccccc2)nc1=O. The molecule has 49 heavy (non-hydrogen) atoms. The fourth-order valence-electron chi connectivity index (χ4n) is 6.52. The van der Waals surface area contributed by atoms with Gasteiger partial charge in [0.2, 0.25) is 0 Å². The minimum absolute atomic E-state index is 0.107. The predicted molar refractivity (Wildman–Crippen MR) is 188 cm³/mol. The van der Waals surface area contributed by atoms with Crippen molar-refractivity contribution in [1.82, 2.24) is 9.55 Å². The van der Waals surface area contributed by atoms with Crippen LogP contribution in [0.5, 0.6) is 11.5 Å². The number of methoxy groups -OCH3 is 2. The summed E-state index contributed by atoms with van der Waals surface area (Å²) in [5.74, 6) is 0.757. The fourth-order valence-corrected chi connectivity index (χ4v) is 6.52. The zero-order valence-corrected chi connectivity index (χ0v) is 27.7. The van der Waals surface area contributed by atoms with Crippen molar-refractivity contribution >= 4 is 11.7 Å². The summed E-state index contributed by atoms with van der Waals surface area (Å²) in [6.45, 7) is 6.24. The quantitative estimate of drug-likeness (QED) is 0.127. The van der Waals surface area contributed by atoms with Gasteiger partial charge in [0.1, 0.15) is 22.9 Å². The highest BCUT2D eigenvalue weighted by molar-refractivity contribution is 6.04. The van der Waals surface area contributed by atoms with E-state index < -0.39 is 29.4 Å². The third-order valence-corrected chi connectivity index (χ3v) is 9.22. The highest BCUT2D eigenvalue weighted by Gasteiger charge is 2.43. The largest absolute Gasteiger partial charge is 0.497 e. The molecule has 2 N–H and O–H groups in total. The van der Waals surface area contributed by atoms with Gasteiger partial charge in [-0.15, -0.1) is 0 Å². The minimum atomic E-state index is -1.08. The average molecular weight is 658 g/mol. The molecule has 1 heterocycles. The van der Waals surface area contributed by atoms with Gasteiger partial charge < -0.3 is 24.6 Å². The number of nitrogens with one attached hydrogen (secondary N) is 1. The summed E-state index contributed by atoms with van der Waals surface area (Å²) in [4.78, 5) is 30.3. The number of benzene rings is 4. The lowest BCUT2D eigenvalue weighted by Crippen LogP contribution is -2.36. The van der Waals surface area contributed by atoms with Gasteiger partial charge in [0.15, 0.2) is 0 Å². The van der Waals surface area contributed by atoms with E-state index in [9.17, 15) is 14.7 Å². The maximum Gasteiger partial charge on any atom is 0.350 e. The minimum Gasteiger partial charge on any atom is -0.497 e. The highest BCUT2D eigenvalue weighted by atomic mass is 16.5. The maximum atomic E-state index is 13.4. The van der Waals surface area contributed by atoms with Crippen molar-refractivity contribution in [2.45, 2.75) is 31.1 Å². The third-order valence-electron chi connectivity index (χ3n) is 9.22. The van der Waals surface area contributed by atoms with Crippen LogP contribution in [0.15, 0.2) is 132 Å². The van der Waals surface area contributed by atoms with E-state index in [1.807, 2.05) is 84.9 Å². The van der Waals surface area contributed by atoms with Crippen molar-refractivity contribution in [1.29, 1.82) is 0 Å². The van der Waals surface area contributed by atoms with E-state index in [4.69, 9.17) is 14.2 Å². The molecule has 1 aliphatic rings. The lowest BCUT2D eigenvalue weighted by atomic mass is 9.79. The van der Waals surface area contributed by atoms with Gasteiger partial charge in [-0.3, -0.25) is 9.36 Å². The van der Waals surface area contributed by atoms with Crippen LogP contribution in [0.3, 0.4) is 0 Å². The Morgan fingerprint density at radius 1 is 0.878 bits per heavy atom.